The van der Waals surface area contributed by atoms with Gasteiger partial charge in [-0.1, -0.05) is 57.0 Å². The summed E-state index contributed by atoms with van der Waals surface area (Å²) in [7, 11) is -1.81. The molecule has 4 rings (SSSR count). The highest BCUT2D eigenvalue weighted by Crippen LogP contribution is 2.45. The lowest BCUT2D eigenvalue weighted by Gasteiger charge is -2.43. The summed E-state index contributed by atoms with van der Waals surface area (Å²) in [6, 6.07) is 16.2. The molecule has 1 saturated heterocycles. The van der Waals surface area contributed by atoms with E-state index in [9.17, 15) is 4.79 Å². The van der Waals surface area contributed by atoms with Crippen LogP contribution in [-0.2, 0) is 9.16 Å². The zero-order valence-corrected chi connectivity index (χ0v) is 27.9. The van der Waals surface area contributed by atoms with Gasteiger partial charge in [0.15, 0.2) is 8.32 Å². The summed E-state index contributed by atoms with van der Waals surface area (Å²) in [5.41, 5.74) is 6.25. The molecule has 1 heterocycles. The maximum atomic E-state index is 12.0. The number of esters is 1. The Bertz CT molecular complexity index is 1210. The number of rotatable bonds is 9. The average Bonchev–Trinajstić information content (AvgIpc) is 2.93. The third kappa shape index (κ3) is 8.04. The van der Waals surface area contributed by atoms with Gasteiger partial charge in [-0.3, -0.25) is 4.90 Å². The van der Waals surface area contributed by atoms with Gasteiger partial charge in [0.05, 0.1) is 12.2 Å². The van der Waals surface area contributed by atoms with E-state index in [1.54, 1.807) is 5.57 Å². The van der Waals surface area contributed by atoms with Gasteiger partial charge in [-0.15, -0.1) is 0 Å². The van der Waals surface area contributed by atoms with Crippen molar-refractivity contribution in [3.8, 4) is 0 Å². The van der Waals surface area contributed by atoms with Crippen molar-refractivity contribution in [2.45, 2.75) is 72.0 Å². The summed E-state index contributed by atoms with van der Waals surface area (Å²) in [6.45, 7) is 22.1. The minimum Gasteiger partial charge on any atom is -0.462 e. The minimum atomic E-state index is -1.81. The fourth-order valence-electron chi connectivity index (χ4n) is 5.62. The second-order valence-corrected chi connectivity index (χ2v) is 18.9. The number of halogens is 1. The molecule has 0 unspecified atom stereocenters. The Morgan fingerprint density at radius 1 is 1.00 bits per heavy atom. The standard InChI is InChI=1S/C34H49ClN2O3Si/c1-8-39-32(38)27-11-15-30(16-12-27)37-21-19-36(20-22-37)24-28-23-34(5,25-40-41(6,7)33(2,3)4)18-17-31(28)26-9-13-29(35)14-10-26/h9-16H,8,17-25H2,1-7H3/t34-/m1/s1. The third-order valence-corrected chi connectivity index (χ3v) is 14.1. The molecule has 0 N–H and O–H groups in total. The first-order valence-corrected chi connectivity index (χ1v) is 18.4. The van der Waals surface area contributed by atoms with E-state index >= 15 is 0 Å². The van der Waals surface area contributed by atoms with Crippen LogP contribution in [0.25, 0.3) is 5.57 Å². The molecule has 0 aromatic heterocycles. The number of hydrogen-bond acceptors (Lipinski definition) is 5. The van der Waals surface area contributed by atoms with Crippen molar-refractivity contribution in [1.29, 1.82) is 0 Å². The Balaban J connectivity index is 1.45. The van der Waals surface area contributed by atoms with E-state index in [1.807, 2.05) is 43.3 Å². The Morgan fingerprint density at radius 3 is 2.22 bits per heavy atom. The van der Waals surface area contributed by atoms with Gasteiger partial charge in [-0.2, -0.15) is 0 Å². The largest absolute Gasteiger partial charge is 0.462 e. The zero-order chi connectivity index (χ0) is 29.8. The molecule has 0 radical (unpaired) electrons. The molecule has 1 aliphatic heterocycles. The second-order valence-electron chi connectivity index (χ2n) is 13.7. The number of benzene rings is 2. The number of anilines is 1. The molecule has 224 valence electrons. The summed E-state index contributed by atoms with van der Waals surface area (Å²) in [5, 5.41) is 0.995. The van der Waals surface area contributed by atoms with Crippen molar-refractivity contribution in [3.63, 3.8) is 0 Å². The maximum absolute atomic E-state index is 12.0. The molecule has 1 fully saturated rings. The Hall–Kier alpha value is -2.12. The highest BCUT2D eigenvalue weighted by atomic mass is 35.5. The van der Waals surface area contributed by atoms with Crippen molar-refractivity contribution < 1.29 is 14.0 Å². The number of hydrogen-bond donors (Lipinski definition) is 0. The molecule has 2 aliphatic rings. The quantitative estimate of drug-likeness (QED) is 0.215. The van der Waals surface area contributed by atoms with Crippen LogP contribution in [0.2, 0.25) is 23.2 Å². The second kappa shape index (κ2) is 13.0. The van der Waals surface area contributed by atoms with Crippen molar-refractivity contribution in [3.05, 3.63) is 70.3 Å². The molecular formula is C34H49ClN2O3Si. The number of carbonyl (C=O) groups is 1. The smallest absolute Gasteiger partial charge is 0.338 e. The lowest BCUT2D eigenvalue weighted by Crippen LogP contribution is -2.47. The topological polar surface area (TPSA) is 42.0 Å². The number of ether oxygens (including phenoxy) is 1. The molecular weight excluding hydrogens is 548 g/mol. The lowest BCUT2D eigenvalue weighted by molar-refractivity contribution is 0.0526. The Kier molecular flexibility index (Phi) is 10.1. The molecule has 0 amide bonds. The van der Waals surface area contributed by atoms with Gasteiger partial charge in [-0.05, 0) is 97.3 Å². The summed E-state index contributed by atoms with van der Waals surface area (Å²) in [5.74, 6) is -0.261. The van der Waals surface area contributed by atoms with Crippen molar-refractivity contribution in [2.24, 2.45) is 5.41 Å². The van der Waals surface area contributed by atoms with E-state index in [-0.39, 0.29) is 16.4 Å². The molecule has 2 aromatic carbocycles. The molecule has 7 heteroatoms. The number of piperazine rings is 1. The van der Waals surface area contributed by atoms with Crippen molar-refractivity contribution in [2.75, 3.05) is 50.8 Å². The van der Waals surface area contributed by atoms with E-state index in [4.69, 9.17) is 20.8 Å². The van der Waals surface area contributed by atoms with Crippen LogP contribution in [0.1, 0.15) is 69.8 Å². The summed E-state index contributed by atoms with van der Waals surface area (Å²) >= 11 is 6.25. The monoisotopic (exact) mass is 596 g/mol. The molecule has 41 heavy (non-hydrogen) atoms. The Labute approximate surface area is 254 Å². The van der Waals surface area contributed by atoms with Crippen LogP contribution in [0.4, 0.5) is 5.69 Å². The molecule has 1 atom stereocenters. The van der Waals surface area contributed by atoms with Crippen molar-refractivity contribution in [1.82, 2.24) is 4.90 Å². The minimum absolute atomic E-state index is 0.142. The fourth-order valence-corrected chi connectivity index (χ4v) is 6.88. The fraction of sp³-hybridized carbons (Fsp3) is 0.559. The average molecular weight is 597 g/mol. The number of nitrogens with zero attached hydrogens (tertiary/aromatic N) is 2. The predicted molar refractivity (Wildman–Crippen MR) is 175 cm³/mol. The van der Waals surface area contributed by atoms with Gasteiger partial charge >= 0.3 is 5.97 Å². The summed E-state index contributed by atoms with van der Waals surface area (Å²) in [6.07, 6.45) is 3.27. The first kappa shape index (κ1) is 31.8. The van der Waals surface area contributed by atoms with Gasteiger partial charge in [0.1, 0.15) is 0 Å². The normalized spacial score (nSPS) is 20.8. The molecule has 0 saturated carbocycles. The number of carbonyl (C=O) groups excluding carboxylic acids is 1. The van der Waals surface area contributed by atoms with Gasteiger partial charge in [0.2, 0.25) is 0 Å². The molecule has 0 spiro atoms. The maximum Gasteiger partial charge on any atom is 0.338 e. The van der Waals surface area contributed by atoms with E-state index in [2.05, 4.69) is 62.7 Å². The van der Waals surface area contributed by atoms with E-state index < -0.39 is 8.32 Å². The van der Waals surface area contributed by atoms with E-state index in [0.717, 1.165) is 69.3 Å². The van der Waals surface area contributed by atoms with E-state index in [1.165, 1.54) is 11.1 Å². The lowest BCUT2D eigenvalue weighted by atomic mass is 9.72. The first-order valence-electron chi connectivity index (χ1n) is 15.2. The summed E-state index contributed by atoms with van der Waals surface area (Å²) in [4.78, 5) is 17.1. The van der Waals surface area contributed by atoms with Crippen LogP contribution in [0, 0.1) is 5.41 Å². The Morgan fingerprint density at radius 2 is 1.63 bits per heavy atom. The zero-order valence-electron chi connectivity index (χ0n) is 26.2. The van der Waals surface area contributed by atoms with Gasteiger partial charge in [-0.25, -0.2) is 4.79 Å². The van der Waals surface area contributed by atoms with Crippen LogP contribution in [-0.4, -0.2) is 65.1 Å². The van der Waals surface area contributed by atoms with Crippen LogP contribution in [0.3, 0.4) is 0 Å². The highest BCUT2D eigenvalue weighted by Gasteiger charge is 2.40. The van der Waals surface area contributed by atoms with Gasteiger partial charge in [0, 0.05) is 50.0 Å². The van der Waals surface area contributed by atoms with Crippen LogP contribution >= 0.6 is 11.6 Å². The predicted octanol–water partition coefficient (Wildman–Crippen LogP) is 8.30. The van der Waals surface area contributed by atoms with Crippen LogP contribution < -0.4 is 4.90 Å². The molecule has 1 aliphatic carbocycles. The SMILES string of the molecule is CCOC(=O)c1ccc(N2CCN(CC3=C(c4ccc(Cl)cc4)CC[C@@](C)(CO[Si](C)(C)C(C)(C)C)C3)CC2)cc1. The van der Waals surface area contributed by atoms with Crippen molar-refractivity contribution >= 4 is 37.1 Å². The van der Waals surface area contributed by atoms with E-state index in [0.29, 0.717) is 12.2 Å². The van der Waals surface area contributed by atoms with Crippen LogP contribution in [0.15, 0.2) is 54.1 Å². The summed E-state index contributed by atoms with van der Waals surface area (Å²) < 4.78 is 11.9. The number of allylic oxidation sites excluding steroid dienone is 1. The third-order valence-electron chi connectivity index (χ3n) is 9.36. The molecule has 2 aromatic rings. The molecule has 5 nitrogen and oxygen atoms in total. The molecule has 0 bridgehead atoms. The van der Waals surface area contributed by atoms with Gasteiger partial charge < -0.3 is 14.1 Å². The van der Waals surface area contributed by atoms with Gasteiger partial charge in [0.25, 0.3) is 0 Å². The van der Waals surface area contributed by atoms with Crippen LogP contribution in [0.5, 0.6) is 0 Å². The first-order chi connectivity index (χ1) is 19.3. The highest BCUT2D eigenvalue weighted by molar-refractivity contribution is 6.74.